The van der Waals surface area contributed by atoms with Crippen molar-refractivity contribution in [2.45, 2.75) is 11.3 Å². The maximum Gasteiger partial charge on any atom is 0.307 e. The predicted molar refractivity (Wildman–Crippen MR) is 80.5 cm³/mol. The molecule has 0 amide bonds. The second-order valence-corrected chi connectivity index (χ2v) is 6.60. The molecule has 1 heterocycles. The lowest BCUT2D eigenvalue weighted by molar-refractivity contribution is -0.136. The number of nitrogens with one attached hydrogen (secondary N) is 1. The summed E-state index contributed by atoms with van der Waals surface area (Å²) in [6.45, 7) is 0. The molecule has 0 spiro atoms. The molecule has 1 aromatic heterocycles. The zero-order chi connectivity index (χ0) is 15.5. The predicted octanol–water partition coefficient (Wildman–Crippen LogP) is 2.27. The summed E-state index contributed by atoms with van der Waals surface area (Å²) >= 11 is 3.16. The first-order valence-corrected chi connectivity index (χ1v) is 8.10. The molecule has 21 heavy (non-hydrogen) atoms. The summed E-state index contributed by atoms with van der Waals surface area (Å²) in [5, 5.41) is 8.68. The van der Waals surface area contributed by atoms with Crippen LogP contribution in [-0.2, 0) is 21.2 Å². The molecule has 0 atom stereocenters. The van der Waals surface area contributed by atoms with Gasteiger partial charge in [-0.25, -0.2) is 13.4 Å². The lowest BCUT2D eigenvalue weighted by Gasteiger charge is -2.09. The lowest BCUT2D eigenvalue weighted by atomic mass is 10.2. The molecule has 0 aliphatic heterocycles. The van der Waals surface area contributed by atoms with Crippen molar-refractivity contribution in [3.8, 4) is 0 Å². The number of hydrogen-bond donors (Lipinski definition) is 2. The number of hydrogen-bond acceptors (Lipinski definition) is 4. The first-order valence-electron chi connectivity index (χ1n) is 5.82. The first kappa shape index (κ1) is 15.5. The van der Waals surface area contributed by atoms with Crippen LogP contribution in [0.5, 0.6) is 0 Å². The zero-order valence-electron chi connectivity index (χ0n) is 10.7. The number of pyridine rings is 1. The van der Waals surface area contributed by atoms with Gasteiger partial charge in [-0.2, -0.15) is 0 Å². The number of carbonyl (C=O) groups is 1. The fourth-order valence-electron chi connectivity index (χ4n) is 1.63. The molecule has 0 saturated carbocycles. The van der Waals surface area contributed by atoms with Gasteiger partial charge >= 0.3 is 5.97 Å². The van der Waals surface area contributed by atoms with Gasteiger partial charge in [0.1, 0.15) is 4.60 Å². The van der Waals surface area contributed by atoms with Crippen molar-refractivity contribution in [1.82, 2.24) is 4.98 Å². The Labute approximate surface area is 130 Å². The zero-order valence-corrected chi connectivity index (χ0v) is 13.1. The van der Waals surface area contributed by atoms with Gasteiger partial charge in [0.15, 0.2) is 0 Å². The maximum absolute atomic E-state index is 12.2. The topological polar surface area (TPSA) is 96.4 Å². The second-order valence-electron chi connectivity index (χ2n) is 4.16. The van der Waals surface area contributed by atoms with Crippen molar-refractivity contribution in [3.63, 3.8) is 0 Å². The molecule has 0 bridgehead atoms. The van der Waals surface area contributed by atoms with Crippen LogP contribution in [0, 0.1) is 0 Å². The van der Waals surface area contributed by atoms with E-state index in [2.05, 4.69) is 25.6 Å². The Hall–Kier alpha value is -1.93. The Bertz CT molecular complexity index is 760. The van der Waals surface area contributed by atoms with Gasteiger partial charge in [0, 0.05) is 6.20 Å². The molecule has 6 nitrogen and oxygen atoms in total. The third kappa shape index (κ3) is 4.02. The molecule has 2 rings (SSSR count). The minimum atomic E-state index is -3.75. The minimum absolute atomic E-state index is 0.0485. The highest BCUT2D eigenvalue weighted by atomic mass is 79.9. The van der Waals surface area contributed by atoms with E-state index in [4.69, 9.17) is 5.11 Å². The van der Waals surface area contributed by atoms with Gasteiger partial charge in [-0.1, -0.05) is 12.1 Å². The fourth-order valence-corrected chi connectivity index (χ4v) is 3.17. The number of rotatable bonds is 5. The molecular weight excluding hydrogens is 360 g/mol. The van der Waals surface area contributed by atoms with Crippen molar-refractivity contribution < 1.29 is 18.3 Å². The number of aliphatic carboxylic acids is 1. The number of sulfonamides is 1. The summed E-state index contributed by atoms with van der Waals surface area (Å²) in [4.78, 5) is 14.6. The van der Waals surface area contributed by atoms with E-state index >= 15 is 0 Å². The average molecular weight is 371 g/mol. The summed E-state index contributed by atoms with van der Waals surface area (Å²) in [5.74, 6) is -0.969. The number of carboxylic acids is 1. The van der Waals surface area contributed by atoms with Crippen LogP contribution in [0.4, 0.5) is 5.69 Å². The largest absolute Gasteiger partial charge is 0.481 e. The number of nitrogens with zero attached hydrogens (tertiary/aromatic N) is 1. The lowest BCUT2D eigenvalue weighted by Crippen LogP contribution is -2.13. The summed E-state index contributed by atoms with van der Waals surface area (Å²) in [6, 6.07) is 8.86. The fraction of sp³-hybridized carbons (Fsp3) is 0.0769. The van der Waals surface area contributed by atoms with Gasteiger partial charge in [0.25, 0.3) is 10.0 Å². The molecule has 2 aromatic rings. The van der Waals surface area contributed by atoms with Crippen LogP contribution >= 0.6 is 15.9 Å². The number of benzene rings is 1. The Morgan fingerprint density at radius 3 is 2.48 bits per heavy atom. The third-order valence-electron chi connectivity index (χ3n) is 2.59. The van der Waals surface area contributed by atoms with E-state index in [0.717, 1.165) is 0 Å². The van der Waals surface area contributed by atoms with Crippen LogP contribution < -0.4 is 4.72 Å². The Morgan fingerprint density at radius 1 is 1.24 bits per heavy atom. The van der Waals surface area contributed by atoms with E-state index in [-0.39, 0.29) is 11.3 Å². The van der Waals surface area contributed by atoms with E-state index in [0.29, 0.717) is 15.9 Å². The molecule has 0 radical (unpaired) electrons. The minimum Gasteiger partial charge on any atom is -0.481 e. The smallest absolute Gasteiger partial charge is 0.307 e. The molecule has 0 aliphatic rings. The quantitative estimate of drug-likeness (QED) is 0.786. The molecule has 1 aromatic carbocycles. The highest BCUT2D eigenvalue weighted by Gasteiger charge is 2.16. The van der Waals surface area contributed by atoms with Gasteiger partial charge in [0.2, 0.25) is 0 Å². The third-order valence-corrected chi connectivity index (χ3v) is 4.61. The average Bonchev–Trinajstić information content (AvgIpc) is 2.41. The van der Waals surface area contributed by atoms with Crippen LogP contribution in [0.2, 0.25) is 0 Å². The number of carboxylic acid groups (broad SMARTS) is 1. The summed E-state index contributed by atoms with van der Waals surface area (Å²) in [6.07, 6.45) is 1.38. The van der Waals surface area contributed by atoms with Crippen LogP contribution in [0.25, 0.3) is 0 Å². The van der Waals surface area contributed by atoms with E-state index in [1.165, 1.54) is 30.5 Å². The van der Waals surface area contributed by atoms with E-state index in [1.54, 1.807) is 12.1 Å². The summed E-state index contributed by atoms with van der Waals surface area (Å²) in [5.41, 5.74) is 0.858. The highest BCUT2D eigenvalue weighted by Crippen LogP contribution is 2.22. The SMILES string of the molecule is O=C(O)Cc1ccc(S(=O)(=O)Nc2cccnc2Br)cc1. The molecule has 8 heteroatoms. The summed E-state index contributed by atoms with van der Waals surface area (Å²) in [7, 11) is -3.75. The van der Waals surface area contributed by atoms with Crippen LogP contribution in [0.15, 0.2) is 52.1 Å². The standard InChI is InChI=1S/C13H11BrN2O4S/c14-13-11(2-1-7-15-13)16-21(19,20)10-5-3-9(4-6-10)8-12(17)18/h1-7,16H,8H2,(H,17,18). The monoisotopic (exact) mass is 370 g/mol. The number of aromatic nitrogens is 1. The highest BCUT2D eigenvalue weighted by molar-refractivity contribution is 9.10. The van der Waals surface area contributed by atoms with Crippen molar-refractivity contribution in [2.24, 2.45) is 0 Å². The van der Waals surface area contributed by atoms with E-state index in [1.807, 2.05) is 0 Å². The normalized spacial score (nSPS) is 11.1. The van der Waals surface area contributed by atoms with E-state index in [9.17, 15) is 13.2 Å². The van der Waals surface area contributed by atoms with Gasteiger partial charge in [-0.05, 0) is 45.8 Å². The van der Waals surface area contributed by atoms with Crippen LogP contribution in [0.3, 0.4) is 0 Å². The maximum atomic E-state index is 12.2. The molecule has 0 fully saturated rings. The van der Waals surface area contributed by atoms with Gasteiger partial charge < -0.3 is 5.11 Å². The number of anilines is 1. The molecule has 0 saturated heterocycles. The molecule has 0 unspecified atom stereocenters. The second kappa shape index (κ2) is 6.23. The summed E-state index contributed by atoms with van der Waals surface area (Å²) < 4.78 is 27.2. The molecule has 110 valence electrons. The Balaban J connectivity index is 2.24. The van der Waals surface area contributed by atoms with Crippen molar-refractivity contribution in [3.05, 3.63) is 52.8 Å². The van der Waals surface area contributed by atoms with Crippen LogP contribution in [0.1, 0.15) is 5.56 Å². The Morgan fingerprint density at radius 2 is 1.90 bits per heavy atom. The van der Waals surface area contributed by atoms with Crippen molar-refractivity contribution in [1.29, 1.82) is 0 Å². The first-order chi connectivity index (χ1) is 9.88. The van der Waals surface area contributed by atoms with E-state index < -0.39 is 16.0 Å². The van der Waals surface area contributed by atoms with Crippen molar-refractivity contribution in [2.75, 3.05) is 4.72 Å². The van der Waals surface area contributed by atoms with Gasteiger partial charge in [-0.15, -0.1) is 0 Å². The van der Waals surface area contributed by atoms with Crippen molar-refractivity contribution >= 4 is 37.6 Å². The van der Waals surface area contributed by atoms with Gasteiger partial charge in [0.05, 0.1) is 17.0 Å². The molecule has 2 N–H and O–H groups in total. The van der Waals surface area contributed by atoms with Crippen LogP contribution in [-0.4, -0.2) is 24.5 Å². The Kier molecular flexibility index (Phi) is 4.59. The number of halogens is 1. The molecular formula is C13H11BrN2O4S. The molecule has 0 aliphatic carbocycles. The van der Waals surface area contributed by atoms with Gasteiger partial charge in [-0.3, -0.25) is 9.52 Å².